The SMILES string of the molecule is O=C(O)Cc1c(O)c2c(Cl)cc(Cl)cc2[nH]c1=O. The maximum atomic E-state index is 11.6. The highest BCUT2D eigenvalue weighted by molar-refractivity contribution is 6.39. The van der Waals surface area contributed by atoms with Crippen molar-refractivity contribution in [1.82, 2.24) is 4.98 Å². The third kappa shape index (κ3) is 2.14. The molecule has 0 aliphatic carbocycles. The van der Waals surface area contributed by atoms with E-state index in [1.165, 1.54) is 12.1 Å². The Bertz CT molecular complexity index is 708. The van der Waals surface area contributed by atoms with Gasteiger partial charge in [0.25, 0.3) is 5.56 Å². The second-order valence-corrected chi connectivity index (χ2v) is 4.51. The summed E-state index contributed by atoms with van der Waals surface area (Å²) < 4.78 is 0. The first-order valence-corrected chi connectivity index (χ1v) is 5.60. The molecule has 0 aliphatic rings. The van der Waals surface area contributed by atoms with Crippen molar-refractivity contribution in [3.8, 4) is 5.75 Å². The van der Waals surface area contributed by atoms with E-state index in [0.29, 0.717) is 5.02 Å². The third-order valence-electron chi connectivity index (χ3n) is 2.43. The molecule has 2 rings (SSSR count). The molecule has 0 atom stereocenters. The number of carboxylic acid groups (broad SMARTS) is 1. The quantitative estimate of drug-likeness (QED) is 0.789. The summed E-state index contributed by atoms with van der Waals surface area (Å²) in [4.78, 5) is 24.7. The van der Waals surface area contributed by atoms with Crippen molar-refractivity contribution in [2.75, 3.05) is 0 Å². The molecule has 0 fully saturated rings. The summed E-state index contributed by atoms with van der Waals surface area (Å²) in [6.45, 7) is 0. The Morgan fingerprint density at radius 2 is 2.00 bits per heavy atom. The van der Waals surface area contributed by atoms with Gasteiger partial charge >= 0.3 is 5.97 Å². The average molecular weight is 288 g/mol. The number of hydrogen-bond acceptors (Lipinski definition) is 3. The van der Waals surface area contributed by atoms with E-state index in [1.54, 1.807) is 0 Å². The van der Waals surface area contributed by atoms with Crippen LogP contribution >= 0.6 is 23.2 Å². The molecule has 0 amide bonds. The Morgan fingerprint density at radius 1 is 1.33 bits per heavy atom. The number of carbonyl (C=O) groups is 1. The number of halogens is 2. The Labute approximate surface area is 111 Å². The van der Waals surface area contributed by atoms with Gasteiger partial charge in [-0.2, -0.15) is 0 Å². The molecule has 94 valence electrons. The van der Waals surface area contributed by atoms with Gasteiger partial charge in [-0.3, -0.25) is 9.59 Å². The Morgan fingerprint density at radius 3 is 2.61 bits per heavy atom. The van der Waals surface area contributed by atoms with Gasteiger partial charge in [0.1, 0.15) is 5.75 Å². The normalized spacial score (nSPS) is 10.8. The van der Waals surface area contributed by atoms with Gasteiger partial charge in [0, 0.05) is 5.02 Å². The Balaban J connectivity index is 2.85. The molecule has 0 unspecified atom stereocenters. The average Bonchev–Trinajstić information content (AvgIpc) is 2.22. The van der Waals surface area contributed by atoms with Gasteiger partial charge < -0.3 is 15.2 Å². The fourth-order valence-corrected chi connectivity index (χ4v) is 2.27. The minimum Gasteiger partial charge on any atom is -0.507 e. The second-order valence-electron chi connectivity index (χ2n) is 3.66. The van der Waals surface area contributed by atoms with E-state index in [1.807, 2.05) is 0 Å². The number of H-pyrrole nitrogens is 1. The highest BCUT2D eigenvalue weighted by Crippen LogP contribution is 2.33. The summed E-state index contributed by atoms with van der Waals surface area (Å²) in [5.41, 5.74) is -0.663. The zero-order valence-electron chi connectivity index (χ0n) is 8.83. The third-order valence-corrected chi connectivity index (χ3v) is 2.94. The van der Waals surface area contributed by atoms with Crippen LogP contribution in [0.2, 0.25) is 10.0 Å². The van der Waals surface area contributed by atoms with Crippen LogP contribution in [-0.4, -0.2) is 21.2 Å². The number of aromatic hydroxyl groups is 1. The number of carboxylic acids is 1. The number of nitrogens with one attached hydrogen (secondary N) is 1. The van der Waals surface area contributed by atoms with Crippen molar-refractivity contribution in [1.29, 1.82) is 0 Å². The maximum Gasteiger partial charge on any atom is 0.308 e. The molecule has 0 radical (unpaired) electrons. The zero-order valence-corrected chi connectivity index (χ0v) is 10.3. The van der Waals surface area contributed by atoms with E-state index in [0.717, 1.165) is 0 Å². The van der Waals surface area contributed by atoms with Crippen molar-refractivity contribution < 1.29 is 15.0 Å². The fourth-order valence-electron chi connectivity index (χ4n) is 1.68. The summed E-state index contributed by atoms with van der Waals surface area (Å²) >= 11 is 11.7. The van der Waals surface area contributed by atoms with Gasteiger partial charge in [-0.1, -0.05) is 23.2 Å². The standard InChI is InChI=1S/C11H7Cl2NO4/c12-4-1-6(13)9-7(2-4)14-11(18)5(10(9)17)3-8(15)16/h1-2H,3H2,(H,15,16)(H2,14,17,18). The first-order chi connectivity index (χ1) is 8.40. The van der Waals surface area contributed by atoms with Crippen LogP contribution in [0.25, 0.3) is 10.9 Å². The highest BCUT2D eigenvalue weighted by atomic mass is 35.5. The van der Waals surface area contributed by atoms with E-state index >= 15 is 0 Å². The van der Waals surface area contributed by atoms with E-state index in [4.69, 9.17) is 28.3 Å². The van der Waals surface area contributed by atoms with E-state index in [9.17, 15) is 14.7 Å². The van der Waals surface area contributed by atoms with Crippen LogP contribution in [0.5, 0.6) is 5.75 Å². The van der Waals surface area contributed by atoms with Crippen molar-refractivity contribution >= 4 is 40.1 Å². The number of aliphatic carboxylic acids is 1. The number of aromatic amines is 1. The first kappa shape index (κ1) is 12.7. The fraction of sp³-hybridized carbons (Fsp3) is 0.0909. The lowest BCUT2D eigenvalue weighted by atomic mass is 10.1. The lowest BCUT2D eigenvalue weighted by Crippen LogP contribution is -2.16. The molecule has 1 heterocycles. The van der Waals surface area contributed by atoms with Crippen molar-refractivity contribution in [2.45, 2.75) is 6.42 Å². The van der Waals surface area contributed by atoms with Gasteiger partial charge in [-0.05, 0) is 12.1 Å². The minimum absolute atomic E-state index is 0.137. The molecule has 0 saturated carbocycles. The number of fused-ring (bicyclic) bond motifs is 1. The molecule has 1 aromatic heterocycles. The molecule has 0 aliphatic heterocycles. The second kappa shape index (κ2) is 4.51. The van der Waals surface area contributed by atoms with Crippen LogP contribution in [0.15, 0.2) is 16.9 Å². The molecule has 3 N–H and O–H groups in total. The van der Waals surface area contributed by atoms with E-state index in [-0.39, 0.29) is 21.5 Å². The molecule has 0 bridgehead atoms. The zero-order chi connectivity index (χ0) is 13.4. The van der Waals surface area contributed by atoms with Crippen LogP contribution in [0, 0.1) is 0 Å². The molecule has 5 nitrogen and oxygen atoms in total. The molecular formula is C11H7Cl2NO4. The highest BCUT2D eigenvalue weighted by Gasteiger charge is 2.17. The number of benzene rings is 1. The summed E-state index contributed by atoms with van der Waals surface area (Å²) in [5, 5.41) is 19.2. The van der Waals surface area contributed by atoms with Gasteiger partial charge in [-0.15, -0.1) is 0 Å². The van der Waals surface area contributed by atoms with Gasteiger partial charge in [0.2, 0.25) is 0 Å². The van der Waals surface area contributed by atoms with Crippen LogP contribution in [-0.2, 0) is 11.2 Å². The van der Waals surface area contributed by atoms with Gasteiger partial charge in [0.15, 0.2) is 0 Å². The molecule has 0 spiro atoms. The number of aromatic nitrogens is 1. The number of pyridine rings is 1. The summed E-state index contributed by atoms with van der Waals surface area (Å²) in [7, 11) is 0. The van der Waals surface area contributed by atoms with E-state index in [2.05, 4.69) is 4.98 Å². The maximum absolute atomic E-state index is 11.6. The molecule has 18 heavy (non-hydrogen) atoms. The summed E-state index contributed by atoms with van der Waals surface area (Å²) in [5.74, 6) is -1.65. The molecule has 1 aromatic carbocycles. The Hall–Kier alpha value is -1.72. The lowest BCUT2D eigenvalue weighted by Gasteiger charge is -2.07. The molecule has 0 saturated heterocycles. The van der Waals surface area contributed by atoms with Gasteiger partial charge in [0.05, 0.1) is 27.9 Å². The van der Waals surface area contributed by atoms with Crippen LogP contribution in [0.1, 0.15) is 5.56 Å². The van der Waals surface area contributed by atoms with Crippen LogP contribution in [0.4, 0.5) is 0 Å². The van der Waals surface area contributed by atoms with Gasteiger partial charge in [-0.25, -0.2) is 0 Å². The predicted molar refractivity (Wildman–Crippen MR) is 67.6 cm³/mol. The number of hydrogen-bond donors (Lipinski definition) is 3. The summed E-state index contributed by atoms with van der Waals surface area (Å²) in [6, 6.07) is 2.82. The topological polar surface area (TPSA) is 90.4 Å². The van der Waals surface area contributed by atoms with Crippen LogP contribution in [0.3, 0.4) is 0 Å². The van der Waals surface area contributed by atoms with Crippen molar-refractivity contribution in [3.05, 3.63) is 38.1 Å². The first-order valence-electron chi connectivity index (χ1n) is 4.85. The molecular weight excluding hydrogens is 281 g/mol. The number of rotatable bonds is 2. The summed E-state index contributed by atoms with van der Waals surface area (Å²) in [6.07, 6.45) is -0.587. The molecule has 2 aromatic rings. The van der Waals surface area contributed by atoms with Crippen molar-refractivity contribution in [3.63, 3.8) is 0 Å². The monoisotopic (exact) mass is 287 g/mol. The minimum atomic E-state index is -1.22. The largest absolute Gasteiger partial charge is 0.507 e. The van der Waals surface area contributed by atoms with Crippen LogP contribution < -0.4 is 5.56 Å². The molecule has 7 heteroatoms. The van der Waals surface area contributed by atoms with E-state index < -0.39 is 23.7 Å². The lowest BCUT2D eigenvalue weighted by molar-refractivity contribution is -0.136. The van der Waals surface area contributed by atoms with Crippen molar-refractivity contribution in [2.24, 2.45) is 0 Å². The smallest absolute Gasteiger partial charge is 0.308 e. The Kier molecular flexibility index (Phi) is 3.19. The predicted octanol–water partition coefficient (Wildman–Crippen LogP) is 2.17.